The van der Waals surface area contributed by atoms with Crippen LogP contribution < -0.4 is 4.74 Å². The zero-order valence-corrected chi connectivity index (χ0v) is 20.5. The van der Waals surface area contributed by atoms with Gasteiger partial charge in [-0.1, -0.05) is 90.2 Å². The minimum absolute atomic E-state index is 0.592. The van der Waals surface area contributed by atoms with Crippen LogP contribution in [0.1, 0.15) is 116 Å². The molecule has 174 valence electrons. The van der Waals surface area contributed by atoms with Gasteiger partial charge in [0, 0.05) is 0 Å². The summed E-state index contributed by atoms with van der Waals surface area (Å²) in [5.74, 6) is 0.592. The van der Waals surface area contributed by atoms with E-state index in [9.17, 15) is 13.0 Å². The molecular formula is C25H44O4S. The normalized spacial score (nSPS) is 12.3. The average Bonchev–Trinajstić information content (AvgIpc) is 2.67. The van der Waals surface area contributed by atoms with Crippen molar-refractivity contribution in [3.63, 3.8) is 0 Å². The Labute approximate surface area is 185 Å². The monoisotopic (exact) mass is 440 g/mol. The van der Waals surface area contributed by atoms with Gasteiger partial charge in [-0.15, -0.1) is 0 Å². The first-order valence-corrected chi connectivity index (χ1v) is 13.4. The van der Waals surface area contributed by atoms with Crippen molar-refractivity contribution in [3.05, 3.63) is 29.3 Å². The number of unbranched alkanes of at least 4 members (excludes halogenated alkanes) is 10. The average molecular weight is 441 g/mol. The standard InChI is InChI=1S/C25H44O4S/c1-5-7-9-11-13-15-17-22-19-20-23(18-16-14-12-10-8-6-2)24(21-22)29-25(3,4)30(26,27)28/h19-21H,5-18H2,1-4H3,(H,26,27,28). The third-order valence-electron chi connectivity index (χ3n) is 5.73. The molecule has 0 bridgehead atoms. The molecule has 0 aromatic heterocycles. The van der Waals surface area contributed by atoms with Crippen molar-refractivity contribution in [3.8, 4) is 5.75 Å². The molecule has 0 amide bonds. The van der Waals surface area contributed by atoms with Crippen LogP contribution in [0.4, 0.5) is 0 Å². The van der Waals surface area contributed by atoms with E-state index < -0.39 is 15.1 Å². The summed E-state index contributed by atoms with van der Waals surface area (Å²) in [5.41, 5.74) is 2.19. The Morgan fingerprint density at radius 1 is 0.800 bits per heavy atom. The smallest absolute Gasteiger partial charge is 0.305 e. The Kier molecular flexibility index (Phi) is 12.7. The molecule has 0 saturated heterocycles. The Bertz CT molecular complexity index is 695. The molecule has 1 N–H and O–H groups in total. The van der Waals surface area contributed by atoms with Crippen molar-refractivity contribution in [1.82, 2.24) is 0 Å². The molecule has 0 fully saturated rings. The van der Waals surface area contributed by atoms with Crippen molar-refractivity contribution in [2.24, 2.45) is 0 Å². The molecule has 1 aromatic carbocycles. The number of ether oxygens (including phenoxy) is 1. The van der Waals surface area contributed by atoms with Crippen molar-refractivity contribution in [2.75, 3.05) is 0 Å². The SMILES string of the molecule is CCCCCCCCc1ccc(CCCCCCCC)c(OC(C)(C)S(=O)(=O)O)c1. The fraction of sp³-hybridized carbons (Fsp3) is 0.760. The summed E-state index contributed by atoms with van der Waals surface area (Å²) in [6.07, 6.45) is 16.5. The van der Waals surface area contributed by atoms with Gasteiger partial charge in [0.1, 0.15) is 5.75 Å². The molecule has 5 heteroatoms. The number of rotatable bonds is 17. The largest absolute Gasteiger partial charge is 0.469 e. The number of hydrogen-bond donors (Lipinski definition) is 1. The topological polar surface area (TPSA) is 63.6 Å². The molecule has 4 nitrogen and oxygen atoms in total. The van der Waals surface area contributed by atoms with Crippen molar-refractivity contribution >= 4 is 10.1 Å². The van der Waals surface area contributed by atoms with E-state index in [1.165, 1.54) is 83.6 Å². The lowest BCUT2D eigenvalue weighted by atomic mass is 10.00. The van der Waals surface area contributed by atoms with Crippen LogP contribution in [0.5, 0.6) is 5.75 Å². The van der Waals surface area contributed by atoms with Gasteiger partial charge in [0.2, 0.25) is 4.93 Å². The molecule has 0 spiro atoms. The molecule has 0 radical (unpaired) electrons. The predicted molar refractivity (Wildman–Crippen MR) is 127 cm³/mol. The molecule has 0 heterocycles. The van der Waals surface area contributed by atoms with Gasteiger partial charge in [-0.05, 0) is 56.7 Å². The summed E-state index contributed by atoms with van der Waals surface area (Å²) < 4.78 is 38.9. The second-order valence-corrected chi connectivity index (χ2v) is 10.9. The molecule has 1 aromatic rings. The number of aryl methyl sites for hydroxylation is 2. The second-order valence-electron chi connectivity index (χ2n) is 8.95. The molecule has 0 aliphatic heterocycles. The maximum Gasteiger partial charge on any atom is 0.305 e. The Balaban J connectivity index is 2.77. The molecule has 1 rings (SSSR count). The summed E-state index contributed by atoms with van der Waals surface area (Å²) >= 11 is 0. The van der Waals surface area contributed by atoms with Crippen LogP contribution in [0.15, 0.2) is 18.2 Å². The minimum atomic E-state index is -4.32. The zero-order chi connectivity index (χ0) is 22.5. The Hall–Kier alpha value is -1.07. The second kappa shape index (κ2) is 14.1. The van der Waals surface area contributed by atoms with Crippen LogP contribution in [0.25, 0.3) is 0 Å². The maximum absolute atomic E-state index is 11.7. The summed E-state index contributed by atoms with van der Waals surface area (Å²) in [5, 5.41) is 0. The van der Waals surface area contributed by atoms with Crippen molar-refractivity contribution in [2.45, 2.75) is 123 Å². The first-order chi connectivity index (χ1) is 14.2. The van der Waals surface area contributed by atoms with Crippen LogP contribution in [0.2, 0.25) is 0 Å². The molecule has 0 aliphatic carbocycles. The van der Waals surface area contributed by atoms with Gasteiger partial charge < -0.3 is 4.74 Å². The van der Waals surface area contributed by atoms with Gasteiger partial charge in [0.25, 0.3) is 0 Å². The van der Waals surface area contributed by atoms with Crippen molar-refractivity contribution in [1.29, 1.82) is 0 Å². The lowest BCUT2D eigenvalue weighted by molar-refractivity contribution is 0.176. The van der Waals surface area contributed by atoms with E-state index >= 15 is 0 Å². The summed E-state index contributed by atoms with van der Waals surface area (Å²) in [7, 11) is -4.32. The lowest BCUT2D eigenvalue weighted by Crippen LogP contribution is -2.38. The van der Waals surface area contributed by atoms with Crippen LogP contribution in [-0.2, 0) is 23.0 Å². The molecule has 30 heavy (non-hydrogen) atoms. The van der Waals surface area contributed by atoms with Crippen LogP contribution in [0, 0.1) is 0 Å². The fourth-order valence-electron chi connectivity index (χ4n) is 3.58. The van der Waals surface area contributed by atoms with E-state index in [0.29, 0.717) is 5.75 Å². The molecule has 0 unspecified atom stereocenters. The minimum Gasteiger partial charge on any atom is -0.469 e. The van der Waals surface area contributed by atoms with Gasteiger partial charge in [0.05, 0.1) is 0 Å². The summed E-state index contributed by atoms with van der Waals surface area (Å²) in [6, 6.07) is 6.20. The van der Waals surface area contributed by atoms with Crippen LogP contribution >= 0.6 is 0 Å². The third-order valence-corrected chi connectivity index (χ3v) is 7.05. The van der Waals surface area contributed by atoms with Crippen LogP contribution in [-0.4, -0.2) is 17.9 Å². The van der Waals surface area contributed by atoms with Crippen molar-refractivity contribution < 1.29 is 17.7 Å². The lowest BCUT2D eigenvalue weighted by Gasteiger charge is -2.25. The van der Waals surface area contributed by atoms with E-state index in [1.54, 1.807) is 0 Å². The van der Waals surface area contributed by atoms with Gasteiger partial charge in [-0.2, -0.15) is 8.42 Å². The van der Waals surface area contributed by atoms with Gasteiger partial charge >= 0.3 is 10.1 Å². The number of hydrogen-bond acceptors (Lipinski definition) is 3. The quantitative estimate of drug-likeness (QED) is 0.201. The maximum atomic E-state index is 11.7. The summed E-state index contributed by atoms with van der Waals surface area (Å²) in [6.45, 7) is 7.24. The highest BCUT2D eigenvalue weighted by atomic mass is 32.2. The Morgan fingerprint density at radius 3 is 1.83 bits per heavy atom. The highest BCUT2D eigenvalue weighted by Crippen LogP contribution is 2.29. The highest BCUT2D eigenvalue weighted by Gasteiger charge is 2.35. The molecule has 0 aliphatic rings. The van der Waals surface area contributed by atoms with E-state index in [2.05, 4.69) is 26.0 Å². The van der Waals surface area contributed by atoms with Gasteiger partial charge in [0.15, 0.2) is 0 Å². The summed E-state index contributed by atoms with van der Waals surface area (Å²) in [4.78, 5) is -1.67. The van der Waals surface area contributed by atoms with Gasteiger partial charge in [-0.3, -0.25) is 4.55 Å². The zero-order valence-electron chi connectivity index (χ0n) is 19.7. The highest BCUT2D eigenvalue weighted by molar-refractivity contribution is 7.87. The first kappa shape index (κ1) is 27.0. The Morgan fingerprint density at radius 2 is 1.30 bits per heavy atom. The van der Waals surface area contributed by atoms with E-state index in [0.717, 1.165) is 31.2 Å². The van der Waals surface area contributed by atoms with Crippen LogP contribution in [0.3, 0.4) is 0 Å². The molecule has 0 atom stereocenters. The third kappa shape index (κ3) is 10.3. The molecule has 0 saturated carbocycles. The van der Waals surface area contributed by atoms with E-state index in [4.69, 9.17) is 4.74 Å². The van der Waals surface area contributed by atoms with Gasteiger partial charge in [-0.25, -0.2) is 0 Å². The molecular weight excluding hydrogens is 396 g/mol. The predicted octanol–water partition coefficient (Wildman–Crippen LogP) is 7.50. The first-order valence-electron chi connectivity index (χ1n) is 12.0. The number of benzene rings is 1. The fourth-order valence-corrected chi connectivity index (χ4v) is 3.77. The van der Waals surface area contributed by atoms with E-state index in [1.807, 2.05) is 6.07 Å². The van der Waals surface area contributed by atoms with E-state index in [-0.39, 0.29) is 0 Å².